The Kier molecular flexibility index (Phi) is 7.02. The molecule has 0 N–H and O–H groups in total. The van der Waals surface area contributed by atoms with Crippen molar-refractivity contribution < 1.29 is 17.3 Å². The standard InChI is InChI=1S/C22H15ClINO4S/c1-28-21-13-15(11-17(14-25)16-5-3-2-4-6-16)12-20(24)22(21)29-30(26,27)19-9-7-18(23)8-10-19/h2-13H,1H3/b17-11+. The lowest BCUT2D eigenvalue weighted by atomic mass is 10.0. The fourth-order valence-electron chi connectivity index (χ4n) is 2.63. The Balaban J connectivity index is 2.00. The quantitative estimate of drug-likeness (QED) is 0.168. The Morgan fingerprint density at radius 1 is 1.10 bits per heavy atom. The van der Waals surface area contributed by atoms with Gasteiger partial charge in [-0.05, 0) is 76.2 Å². The zero-order valence-electron chi connectivity index (χ0n) is 15.7. The van der Waals surface area contributed by atoms with Crippen LogP contribution in [0.2, 0.25) is 5.02 Å². The lowest BCUT2D eigenvalue weighted by molar-refractivity contribution is 0.389. The van der Waals surface area contributed by atoms with E-state index in [4.69, 9.17) is 20.5 Å². The maximum atomic E-state index is 12.6. The average molecular weight is 552 g/mol. The molecular formula is C22H15ClINO4S. The van der Waals surface area contributed by atoms with E-state index in [2.05, 4.69) is 6.07 Å². The fraction of sp³-hybridized carbons (Fsp3) is 0.0455. The van der Waals surface area contributed by atoms with Crippen molar-refractivity contribution in [2.24, 2.45) is 0 Å². The van der Waals surface area contributed by atoms with Crippen LogP contribution in [0.1, 0.15) is 11.1 Å². The number of nitriles is 1. The first kappa shape index (κ1) is 22.2. The highest BCUT2D eigenvalue weighted by molar-refractivity contribution is 14.1. The van der Waals surface area contributed by atoms with E-state index in [9.17, 15) is 13.7 Å². The second kappa shape index (κ2) is 9.51. The molecule has 0 atom stereocenters. The molecule has 3 rings (SSSR count). The third-order valence-corrected chi connectivity index (χ3v) is 6.35. The van der Waals surface area contributed by atoms with Crippen LogP contribution in [0.3, 0.4) is 0 Å². The van der Waals surface area contributed by atoms with Crippen LogP contribution in [-0.2, 0) is 10.1 Å². The van der Waals surface area contributed by atoms with Gasteiger partial charge in [0.1, 0.15) is 4.90 Å². The van der Waals surface area contributed by atoms with E-state index < -0.39 is 10.1 Å². The van der Waals surface area contributed by atoms with Gasteiger partial charge in [0.2, 0.25) is 0 Å². The summed E-state index contributed by atoms with van der Waals surface area (Å²) in [6, 6.07) is 20.5. The molecular weight excluding hydrogens is 537 g/mol. The van der Waals surface area contributed by atoms with Crippen molar-refractivity contribution >= 4 is 56.0 Å². The zero-order chi connectivity index (χ0) is 21.7. The first-order chi connectivity index (χ1) is 14.3. The molecule has 3 aromatic carbocycles. The Hall–Kier alpha value is -2.54. The molecule has 0 aliphatic rings. The number of hydrogen-bond donors (Lipinski definition) is 0. The number of nitrogens with zero attached hydrogens (tertiary/aromatic N) is 1. The minimum Gasteiger partial charge on any atom is -0.493 e. The molecule has 30 heavy (non-hydrogen) atoms. The SMILES string of the molecule is COc1cc(/C=C(\C#N)c2ccccc2)cc(I)c1OS(=O)(=O)c1ccc(Cl)cc1. The van der Waals surface area contributed by atoms with Gasteiger partial charge in [-0.15, -0.1) is 0 Å². The second-order valence-corrected chi connectivity index (χ2v) is 9.21. The summed E-state index contributed by atoms with van der Waals surface area (Å²) in [6.07, 6.45) is 1.71. The predicted molar refractivity (Wildman–Crippen MR) is 125 cm³/mol. The Morgan fingerprint density at radius 3 is 2.37 bits per heavy atom. The molecule has 0 unspecified atom stereocenters. The first-order valence-electron chi connectivity index (χ1n) is 8.59. The minimum atomic E-state index is -4.08. The Labute approximate surface area is 193 Å². The third-order valence-electron chi connectivity index (χ3n) is 4.06. The number of halogens is 2. The summed E-state index contributed by atoms with van der Waals surface area (Å²) in [7, 11) is -2.66. The van der Waals surface area contributed by atoms with Crippen LogP contribution >= 0.6 is 34.2 Å². The molecule has 0 heterocycles. The summed E-state index contributed by atoms with van der Waals surface area (Å²) >= 11 is 7.80. The molecule has 0 aliphatic heterocycles. The molecule has 0 bridgehead atoms. The zero-order valence-corrected chi connectivity index (χ0v) is 19.4. The van der Waals surface area contributed by atoms with Crippen molar-refractivity contribution in [3.63, 3.8) is 0 Å². The maximum absolute atomic E-state index is 12.6. The van der Waals surface area contributed by atoms with Crippen LogP contribution in [-0.4, -0.2) is 15.5 Å². The van der Waals surface area contributed by atoms with Crippen LogP contribution in [0.4, 0.5) is 0 Å². The lowest BCUT2D eigenvalue weighted by Crippen LogP contribution is -2.11. The van der Waals surface area contributed by atoms with Gasteiger partial charge in [0.15, 0.2) is 11.5 Å². The van der Waals surface area contributed by atoms with E-state index in [1.807, 2.05) is 52.9 Å². The Morgan fingerprint density at radius 2 is 1.77 bits per heavy atom. The molecule has 152 valence electrons. The fourth-order valence-corrected chi connectivity index (χ4v) is 4.60. The number of rotatable bonds is 6. The molecule has 0 fully saturated rings. The first-order valence-corrected chi connectivity index (χ1v) is 11.5. The van der Waals surface area contributed by atoms with Gasteiger partial charge in [0.05, 0.1) is 22.3 Å². The van der Waals surface area contributed by atoms with Crippen LogP contribution in [0.5, 0.6) is 11.5 Å². The summed E-state index contributed by atoms with van der Waals surface area (Å²) in [6.45, 7) is 0. The number of methoxy groups -OCH3 is 1. The van der Waals surface area contributed by atoms with E-state index >= 15 is 0 Å². The van der Waals surface area contributed by atoms with Gasteiger partial charge in [-0.2, -0.15) is 13.7 Å². The molecule has 0 saturated heterocycles. The summed E-state index contributed by atoms with van der Waals surface area (Å²) in [4.78, 5) is -0.0235. The second-order valence-electron chi connectivity index (χ2n) is 6.06. The van der Waals surface area contributed by atoms with Gasteiger partial charge in [0, 0.05) is 5.02 Å². The van der Waals surface area contributed by atoms with Gasteiger partial charge in [-0.3, -0.25) is 0 Å². The lowest BCUT2D eigenvalue weighted by Gasteiger charge is -2.14. The molecule has 0 aromatic heterocycles. The van der Waals surface area contributed by atoms with Gasteiger partial charge in [0.25, 0.3) is 0 Å². The molecule has 0 saturated carbocycles. The highest BCUT2D eigenvalue weighted by atomic mass is 127. The molecule has 0 radical (unpaired) electrons. The molecule has 0 spiro atoms. The van der Waals surface area contributed by atoms with Crippen molar-refractivity contribution in [3.8, 4) is 17.6 Å². The van der Waals surface area contributed by atoms with Crippen molar-refractivity contribution in [2.75, 3.05) is 7.11 Å². The maximum Gasteiger partial charge on any atom is 0.339 e. The highest BCUT2D eigenvalue weighted by Gasteiger charge is 2.22. The van der Waals surface area contributed by atoms with Gasteiger partial charge in [-0.1, -0.05) is 41.9 Å². The van der Waals surface area contributed by atoms with Gasteiger partial charge < -0.3 is 8.92 Å². The summed E-state index contributed by atoms with van der Waals surface area (Å²) in [5.74, 6) is 0.305. The van der Waals surface area contributed by atoms with E-state index in [1.54, 1.807) is 18.2 Å². The molecule has 0 amide bonds. The summed E-state index contributed by atoms with van der Waals surface area (Å²) < 4.78 is 36.5. The number of ether oxygens (including phenoxy) is 1. The van der Waals surface area contributed by atoms with Crippen LogP contribution in [0, 0.1) is 14.9 Å². The molecule has 0 aliphatic carbocycles. The molecule has 5 nitrogen and oxygen atoms in total. The largest absolute Gasteiger partial charge is 0.493 e. The van der Waals surface area contributed by atoms with Gasteiger partial charge >= 0.3 is 10.1 Å². The third kappa shape index (κ3) is 5.14. The van der Waals surface area contributed by atoms with Crippen molar-refractivity contribution in [1.82, 2.24) is 0 Å². The number of allylic oxidation sites excluding steroid dienone is 1. The number of hydrogen-bond acceptors (Lipinski definition) is 5. The Bertz CT molecular complexity index is 1230. The predicted octanol–water partition coefficient (Wildman–Crippen LogP) is 5.79. The van der Waals surface area contributed by atoms with E-state index in [0.29, 0.717) is 19.7 Å². The van der Waals surface area contributed by atoms with Crippen LogP contribution < -0.4 is 8.92 Å². The van der Waals surface area contributed by atoms with Crippen molar-refractivity contribution in [3.05, 3.63) is 86.4 Å². The van der Waals surface area contributed by atoms with Crippen molar-refractivity contribution in [2.45, 2.75) is 4.90 Å². The smallest absolute Gasteiger partial charge is 0.339 e. The van der Waals surface area contributed by atoms with Gasteiger partial charge in [-0.25, -0.2) is 0 Å². The molecule has 3 aromatic rings. The minimum absolute atomic E-state index is 0.0235. The number of benzene rings is 3. The van der Waals surface area contributed by atoms with E-state index in [-0.39, 0.29) is 16.4 Å². The van der Waals surface area contributed by atoms with Crippen molar-refractivity contribution in [1.29, 1.82) is 5.26 Å². The summed E-state index contributed by atoms with van der Waals surface area (Å²) in [5, 5.41) is 9.95. The molecule has 8 heteroatoms. The topological polar surface area (TPSA) is 76.4 Å². The summed E-state index contributed by atoms with van der Waals surface area (Å²) in [5.41, 5.74) is 1.92. The van der Waals surface area contributed by atoms with Crippen LogP contribution in [0.25, 0.3) is 11.6 Å². The normalized spacial score (nSPS) is 11.6. The van der Waals surface area contributed by atoms with E-state index in [1.165, 1.54) is 31.4 Å². The van der Waals surface area contributed by atoms with Crippen LogP contribution in [0.15, 0.2) is 71.6 Å². The highest BCUT2D eigenvalue weighted by Crippen LogP contribution is 2.37. The van der Waals surface area contributed by atoms with E-state index in [0.717, 1.165) is 5.56 Å². The monoisotopic (exact) mass is 551 g/mol. The average Bonchev–Trinajstić information content (AvgIpc) is 2.74.